The van der Waals surface area contributed by atoms with Crippen LogP contribution in [0, 0.1) is 16.5 Å². The number of benzene rings is 1. The molecule has 0 saturated carbocycles. The molecule has 2 amide bonds. The number of allylic oxidation sites excluding steroid dienone is 3. The number of nitro benzene ring substituents is 1. The molecule has 0 fully saturated rings. The molecule has 0 spiro atoms. The van der Waals surface area contributed by atoms with Crippen molar-refractivity contribution >= 4 is 35.2 Å². The van der Waals surface area contributed by atoms with E-state index in [2.05, 4.69) is 5.32 Å². The largest absolute Gasteiger partial charge is 0.443 e. The van der Waals surface area contributed by atoms with E-state index >= 15 is 0 Å². The quantitative estimate of drug-likeness (QED) is 0.421. The Kier molecular flexibility index (Phi) is 7.56. The molecule has 0 aliphatic heterocycles. The highest BCUT2D eigenvalue weighted by atomic mass is 35.5. The SMILES string of the molecule is CC(C)(C)OC(=O)N(C(=O)OC(C)(C)C)C1=CC[CH]C(Nc2ccccc2[N+](=O)[O-])=C1Cl. The number of amides is 2. The van der Waals surface area contributed by atoms with Gasteiger partial charge in [-0.2, -0.15) is 4.90 Å². The number of ether oxygens (including phenoxy) is 2. The van der Waals surface area contributed by atoms with Gasteiger partial charge in [0.25, 0.3) is 5.69 Å². The molecule has 2 rings (SSSR count). The molecule has 1 aromatic rings. The van der Waals surface area contributed by atoms with E-state index in [1.54, 1.807) is 66.2 Å². The van der Waals surface area contributed by atoms with Gasteiger partial charge in [-0.1, -0.05) is 29.8 Å². The zero-order valence-corrected chi connectivity index (χ0v) is 19.6. The maximum absolute atomic E-state index is 12.9. The molecular weight excluding hydrogens is 438 g/mol. The predicted octanol–water partition coefficient (Wildman–Crippen LogP) is 6.12. The summed E-state index contributed by atoms with van der Waals surface area (Å²) in [5.74, 6) is 0. The molecule has 1 N–H and O–H groups in total. The molecule has 0 bridgehead atoms. The molecule has 1 aromatic carbocycles. The smallest absolute Gasteiger partial charge is 0.424 e. The molecule has 10 heteroatoms. The van der Waals surface area contributed by atoms with Crippen LogP contribution in [-0.4, -0.2) is 33.2 Å². The number of nitrogens with one attached hydrogen (secondary N) is 1. The Balaban J connectivity index is 2.46. The van der Waals surface area contributed by atoms with Gasteiger partial charge in [-0.25, -0.2) is 9.59 Å². The molecule has 0 aromatic heterocycles. The molecule has 1 radical (unpaired) electrons. The lowest BCUT2D eigenvalue weighted by atomic mass is 10.1. The highest BCUT2D eigenvalue weighted by Gasteiger charge is 2.36. The number of anilines is 1. The van der Waals surface area contributed by atoms with Crippen LogP contribution in [0.15, 0.2) is 46.8 Å². The van der Waals surface area contributed by atoms with Gasteiger partial charge in [0.05, 0.1) is 15.7 Å². The second kappa shape index (κ2) is 9.60. The molecule has 0 atom stereocenters. The first-order valence-corrected chi connectivity index (χ1v) is 10.3. The van der Waals surface area contributed by atoms with Crippen LogP contribution >= 0.6 is 11.6 Å². The van der Waals surface area contributed by atoms with Gasteiger partial charge in [-0.05, 0) is 54.0 Å². The van der Waals surface area contributed by atoms with Gasteiger partial charge in [0, 0.05) is 18.2 Å². The summed E-state index contributed by atoms with van der Waals surface area (Å²) < 4.78 is 10.8. The number of hydrogen-bond acceptors (Lipinski definition) is 7. The fourth-order valence-electron chi connectivity index (χ4n) is 2.67. The number of halogens is 1. The molecule has 173 valence electrons. The summed E-state index contributed by atoms with van der Waals surface area (Å²) in [5, 5.41) is 14.3. The number of hydrogen-bond donors (Lipinski definition) is 1. The standard InChI is InChI=1S/C22H27ClN3O6/c1-21(2,3)31-19(27)25(20(28)32-22(4,5)6)17-13-9-11-15(18(17)23)24-14-10-7-8-12-16(14)26(29)30/h7-8,10-13,24H,9H2,1-6H3. The second-order valence-electron chi connectivity index (χ2n) is 8.95. The average molecular weight is 465 g/mol. The molecule has 1 aliphatic rings. The third-order valence-corrected chi connectivity index (χ3v) is 4.25. The Morgan fingerprint density at radius 1 is 1.06 bits per heavy atom. The van der Waals surface area contributed by atoms with Crippen LogP contribution in [0.5, 0.6) is 0 Å². The normalized spacial score (nSPS) is 14.4. The van der Waals surface area contributed by atoms with Gasteiger partial charge >= 0.3 is 12.2 Å². The number of nitrogens with zero attached hydrogens (tertiary/aromatic N) is 2. The third-order valence-electron chi connectivity index (χ3n) is 3.86. The highest BCUT2D eigenvalue weighted by Crippen LogP contribution is 2.34. The van der Waals surface area contributed by atoms with Crippen LogP contribution in [0.1, 0.15) is 48.0 Å². The van der Waals surface area contributed by atoms with Gasteiger partial charge in [-0.3, -0.25) is 10.1 Å². The fraction of sp³-hybridized carbons (Fsp3) is 0.409. The minimum absolute atomic E-state index is 0.00567. The fourth-order valence-corrected chi connectivity index (χ4v) is 2.96. The molecule has 0 saturated heterocycles. The zero-order valence-electron chi connectivity index (χ0n) is 18.9. The summed E-state index contributed by atoms with van der Waals surface area (Å²) in [6.45, 7) is 10.0. The zero-order chi connectivity index (χ0) is 24.3. The first-order valence-electron chi connectivity index (χ1n) is 9.89. The Morgan fingerprint density at radius 2 is 1.59 bits per heavy atom. The second-order valence-corrected chi connectivity index (χ2v) is 9.33. The van der Waals surface area contributed by atoms with Crippen molar-refractivity contribution in [2.75, 3.05) is 5.32 Å². The number of rotatable bonds is 4. The van der Waals surface area contributed by atoms with E-state index in [4.69, 9.17) is 21.1 Å². The van der Waals surface area contributed by atoms with E-state index < -0.39 is 28.3 Å². The first kappa shape index (κ1) is 25.2. The van der Waals surface area contributed by atoms with E-state index in [-0.39, 0.29) is 22.1 Å². The van der Waals surface area contributed by atoms with E-state index in [1.807, 2.05) is 0 Å². The summed E-state index contributed by atoms with van der Waals surface area (Å²) in [7, 11) is 0. The van der Waals surface area contributed by atoms with Crippen LogP contribution in [-0.2, 0) is 9.47 Å². The Hall–Kier alpha value is -3.07. The highest BCUT2D eigenvalue weighted by molar-refractivity contribution is 6.33. The molecule has 32 heavy (non-hydrogen) atoms. The molecular formula is C22H27ClN3O6. The van der Waals surface area contributed by atoms with Crippen molar-refractivity contribution in [3.8, 4) is 0 Å². The van der Waals surface area contributed by atoms with Crippen LogP contribution in [0.4, 0.5) is 21.0 Å². The minimum atomic E-state index is -0.955. The van der Waals surface area contributed by atoms with Crippen molar-refractivity contribution in [1.29, 1.82) is 0 Å². The van der Waals surface area contributed by atoms with Crippen LogP contribution in [0.3, 0.4) is 0 Å². The monoisotopic (exact) mass is 464 g/mol. The van der Waals surface area contributed by atoms with Gasteiger partial charge in [0.1, 0.15) is 16.9 Å². The maximum Gasteiger partial charge on any atom is 0.424 e. The lowest BCUT2D eigenvalue weighted by Gasteiger charge is -2.31. The summed E-state index contributed by atoms with van der Waals surface area (Å²) in [6.07, 6.45) is 1.65. The van der Waals surface area contributed by atoms with Crippen molar-refractivity contribution in [2.45, 2.75) is 59.2 Å². The van der Waals surface area contributed by atoms with Crippen molar-refractivity contribution < 1.29 is 24.0 Å². The van der Waals surface area contributed by atoms with E-state index in [9.17, 15) is 19.7 Å². The van der Waals surface area contributed by atoms with Gasteiger partial charge < -0.3 is 14.8 Å². The molecule has 0 heterocycles. The van der Waals surface area contributed by atoms with E-state index in [0.29, 0.717) is 12.1 Å². The predicted molar refractivity (Wildman–Crippen MR) is 121 cm³/mol. The number of para-hydroxylation sites is 2. The van der Waals surface area contributed by atoms with Gasteiger partial charge in [0.15, 0.2) is 0 Å². The lowest BCUT2D eigenvalue weighted by Crippen LogP contribution is -2.43. The summed E-state index contributed by atoms with van der Waals surface area (Å²) in [6, 6.07) is 6.06. The lowest BCUT2D eigenvalue weighted by molar-refractivity contribution is -0.383. The van der Waals surface area contributed by atoms with Crippen LogP contribution in [0.25, 0.3) is 0 Å². The maximum atomic E-state index is 12.9. The average Bonchev–Trinajstić information content (AvgIpc) is 2.62. The molecule has 0 unspecified atom stereocenters. The number of carbonyl (C=O) groups excluding carboxylic acids is 2. The summed E-state index contributed by atoms with van der Waals surface area (Å²) in [5.41, 5.74) is -1.33. The topological polar surface area (TPSA) is 111 Å². The Bertz CT molecular complexity index is 945. The van der Waals surface area contributed by atoms with Gasteiger partial charge in [0.2, 0.25) is 0 Å². The molecule has 1 aliphatic carbocycles. The van der Waals surface area contributed by atoms with E-state index in [1.165, 1.54) is 12.1 Å². The van der Waals surface area contributed by atoms with Crippen LogP contribution in [0.2, 0.25) is 0 Å². The summed E-state index contributed by atoms with van der Waals surface area (Å²) in [4.78, 5) is 37.3. The van der Waals surface area contributed by atoms with Crippen molar-refractivity contribution in [3.63, 3.8) is 0 Å². The number of imide groups is 1. The van der Waals surface area contributed by atoms with Crippen LogP contribution < -0.4 is 5.32 Å². The van der Waals surface area contributed by atoms with Gasteiger partial charge in [-0.15, -0.1) is 0 Å². The van der Waals surface area contributed by atoms with Crippen molar-refractivity contribution in [2.24, 2.45) is 0 Å². The van der Waals surface area contributed by atoms with E-state index in [0.717, 1.165) is 4.90 Å². The summed E-state index contributed by atoms with van der Waals surface area (Å²) >= 11 is 6.55. The Morgan fingerprint density at radius 3 is 2.09 bits per heavy atom. The van der Waals surface area contributed by atoms with Crippen molar-refractivity contribution in [3.05, 3.63) is 63.3 Å². The minimum Gasteiger partial charge on any atom is -0.443 e. The Labute approximate surface area is 192 Å². The number of nitro groups is 1. The third kappa shape index (κ3) is 6.71. The number of carbonyl (C=O) groups is 2. The van der Waals surface area contributed by atoms with Crippen molar-refractivity contribution in [1.82, 2.24) is 4.90 Å². The first-order chi connectivity index (χ1) is 14.7. The molecule has 9 nitrogen and oxygen atoms in total.